The number of hydrogen-bond donors (Lipinski definition) is 1. The molecule has 0 amide bonds. The lowest BCUT2D eigenvalue weighted by atomic mass is 10.3. The van der Waals surface area contributed by atoms with Crippen LogP contribution in [0.3, 0.4) is 0 Å². The lowest BCUT2D eigenvalue weighted by Crippen LogP contribution is -1.97. The smallest absolute Gasteiger partial charge is 0.123 e. The summed E-state index contributed by atoms with van der Waals surface area (Å²) < 4.78 is 6.69. The average molecular weight is 280 g/mol. The Morgan fingerprint density at radius 2 is 2.00 bits per heavy atom. The standard InChI is InChI=1S/C13H14BrNO/c1-2-12-6-7-13(16-12)9-15-11-5-3-4-10(14)8-11/h3-8,15H,2,9H2,1H3. The lowest BCUT2D eigenvalue weighted by Gasteiger charge is -2.04. The Kier molecular flexibility index (Phi) is 3.67. The third-order valence-corrected chi connectivity index (χ3v) is 2.85. The van der Waals surface area contributed by atoms with Gasteiger partial charge in [0.25, 0.3) is 0 Å². The third-order valence-electron chi connectivity index (χ3n) is 2.36. The second-order valence-electron chi connectivity index (χ2n) is 3.59. The van der Waals surface area contributed by atoms with E-state index in [1.807, 2.05) is 36.4 Å². The van der Waals surface area contributed by atoms with Crippen LogP contribution in [0.4, 0.5) is 5.69 Å². The first-order valence-corrected chi connectivity index (χ1v) is 6.14. The highest BCUT2D eigenvalue weighted by Crippen LogP contribution is 2.17. The van der Waals surface area contributed by atoms with E-state index in [4.69, 9.17) is 4.42 Å². The first-order valence-electron chi connectivity index (χ1n) is 5.35. The van der Waals surface area contributed by atoms with E-state index in [1.165, 1.54) is 0 Å². The molecule has 0 saturated heterocycles. The number of hydrogen-bond acceptors (Lipinski definition) is 2. The van der Waals surface area contributed by atoms with Gasteiger partial charge in [0, 0.05) is 16.6 Å². The molecule has 1 N–H and O–H groups in total. The Bertz CT molecular complexity index is 464. The van der Waals surface area contributed by atoms with Crippen LogP contribution in [-0.2, 0) is 13.0 Å². The lowest BCUT2D eigenvalue weighted by molar-refractivity contribution is 0.476. The predicted octanol–water partition coefficient (Wildman–Crippen LogP) is 4.22. The first kappa shape index (κ1) is 11.3. The Labute approximate surface area is 104 Å². The molecule has 0 spiro atoms. The molecule has 84 valence electrons. The summed E-state index contributed by atoms with van der Waals surface area (Å²) in [4.78, 5) is 0. The normalized spacial score (nSPS) is 10.4. The van der Waals surface area contributed by atoms with Gasteiger partial charge in [0.15, 0.2) is 0 Å². The third kappa shape index (κ3) is 2.89. The van der Waals surface area contributed by atoms with Crippen LogP contribution in [0.2, 0.25) is 0 Å². The fourth-order valence-electron chi connectivity index (χ4n) is 1.49. The molecule has 3 heteroatoms. The number of halogens is 1. The van der Waals surface area contributed by atoms with Crippen molar-refractivity contribution in [3.8, 4) is 0 Å². The van der Waals surface area contributed by atoms with Crippen molar-refractivity contribution >= 4 is 21.6 Å². The number of nitrogens with one attached hydrogen (secondary N) is 1. The summed E-state index contributed by atoms with van der Waals surface area (Å²) in [6, 6.07) is 12.1. The number of furan rings is 1. The van der Waals surface area contributed by atoms with Gasteiger partial charge in [-0.15, -0.1) is 0 Å². The molecule has 0 unspecified atom stereocenters. The van der Waals surface area contributed by atoms with Crippen molar-refractivity contribution in [3.05, 3.63) is 52.4 Å². The highest BCUT2D eigenvalue weighted by molar-refractivity contribution is 9.10. The zero-order valence-electron chi connectivity index (χ0n) is 9.16. The largest absolute Gasteiger partial charge is 0.464 e. The van der Waals surface area contributed by atoms with Gasteiger partial charge in [0.1, 0.15) is 11.5 Å². The Hall–Kier alpha value is -1.22. The van der Waals surface area contributed by atoms with E-state index in [0.717, 1.165) is 34.6 Å². The van der Waals surface area contributed by atoms with Crippen LogP contribution < -0.4 is 5.32 Å². The van der Waals surface area contributed by atoms with Crippen LogP contribution in [-0.4, -0.2) is 0 Å². The minimum Gasteiger partial charge on any atom is -0.464 e. The monoisotopic (exact) mass is 279 g/mol. The Morgan fingerprint density at radius 3 is 2.69 bits per heavy atom. The van der Waals surface area contributed by atoms with Crippen molar-refractivity contribution in [1.29, 1.82) is 0 Å². The molecule has 1 heterocycles. The summed E-state index contributed by atoms with van der Waals surface area (Å²) in [6.45, 7) is 2.81. The molecule has 0 atom stereocenters. The second-order valence-corrected chi connectivity index (χ2v) is 4.50. The minimum absolute atomic E-state index is 0.719. The summed E-state index contributed by atoms with van der Waals surface area (Å²) >= 11 is 3.44. The van der Waals surface area contributed by atoms with Crippen LogP contribution in [0.1, 0.15) is 18.4 Å². The number of anilines is 1. The number of rotatable bonds is 4. The molecule has 0 fully saturated rings. The van der Waals surface area contributed by atoms with Crippen molar-refractivity contribution in [1.82, 2.24) is 0 Å². The fourth-order valence-corrected chi connectivity index (χ4v) is 1.89. The van der Waals surface area contributed by atoms with Gasteiger partial charge in [0.2, 0.25) is 0 Å². The van der Waals surface area contributed by atoms with Crippen molar-refractivity contribution < 1.29 is 4.42 Å². The maximum Gasteiger partial charge on any atom is 0.123 e. The molecular formula is C13H14BrNO. The van der Waals surface area contributed by atoms with Crippen molar-refractivity contribution in [2.75, 3.05) is 5.32 Å². The second kappa shape index (κ2) is 5.21. The Morgan fingerprint density at radius 1 is 1.19 bits per heavy atom. The van der Waals surface area contributed by atoms with Gasteiger partial charge in [-0.05, 0) is 30.3 Å². The topological polar surface area (TPSA) is 25.2 Å². The maximum atomic E-state index is 5.61. The molecule has 0 aliphatic carbocycles. The maximum absolute atomic E-state index is 5.61. The summed E-state index contributed by atoms with van der Waals surface area (Å²) in [5.74, 6) is 2.00. The molecule has 1 aromatic carbocycles. The van der Waals surface area contributed by atoms with Crippen molar-refractivity contribution in [3.63, 3.8) is 0 Å². The van der Waals surface area contributed by atoms with Gasteiger partial charge >= 0.3 is 0 Å². The molecule has 0 saturated carbocycles. The van der Waals surface area contributed by atoms with E-state index in [2.05, 4.69) is 28.2 Å². The van der Waals surface area contributed by atoms with Crippen molar-refractivity contribution in [2.45, 2.75) is 19.9 Å². The van der Waals surface area contributed by atoms with Gasteiger partial charge in [-0.2, -0.15) is 0 Å². The quantitative estimate of drug-likeness (QED) is 0.907. The van der Waals surface area contributed by atoms with Gasteiger partial charge in [-0.25, -0.2) is 0 Å². The molecule has 2 nitrogen and oxygen atoms in total. The van der Waals surface area contributed by atoms with Gasteiger partial charge in [-0.3, -0.25) is 0 Å². The highest BCUT2D eigenvalue weighted by Gasteiger charge is 2.00. The number of benzene rings is 1. The van der Waals surface area contributed by atoms with Crippen molar-refractivity contribution in [2.24, 2.45) is 0 Å². The summed E-state index contributed by atoms with van der Waals surface area (Å²) in [5.41, 5.74) is 1.09. The van der Waals surface area contributed by atoms with Crippen LogP contribution in [0, 0.1) is 0 Å². The Balaban J connectivity index is 1.96. The molecule has 1 aromatic heterocycles. The molecule has 0 radical (unpaired) electrons. The summed E-state index contributed by atoms with van der Waals surface area (Å²) in [5, 5.41) is 3.32. The SMILES string of the molecule is CCc1ccc(CNc2cccc(Br)c2)o1. The number of aryl methyl sites for hydroxylation is 1. The van der Waals surface area contributed by atoms with E-state index in [-0.39, 0.29) is 0 Å². The zero-order chi connectivity index (χ0) is 11.4. The van der Waals surface area contributed by atoms with Crippen LogP contribution >= 0.6 is 15.9 Å². The summed E-state index contributed by atoms with van der Waals surface area (Å²) in [7, 11) is 0. The molecule has 16 heavy (non-hydrogen) atoms. The van der Waals surface area contributed by atoms with E-state index >= 15 is 0 Å². The minimum atomic E-state index is 0.719. The summed E-state index contributed by atoms with van der Waals surface area (Å²) in [6.07, 6.45) is 0.941. The molecule has 0 bridgehead atoms. The van der Waals surface area contributed by atoms with Crippen LogP contribution in [0.5, 0.6) is 0 Å². The van der Waals surface area contributed by atoms with E-state index in [0.29, 0.717) is 0 Å². The van der Waals surface area contributed by atoms with E-state index in [1.54, 1.807) is 0 Å². The fraction of sp³-hybridized carbons (Fsp3) is 0.231. The average Bonchev–Trinajstić information content (AvgIpc) is 2.74. The molecular weight excluding hydrogens is 266 g/mol. The van der Waals surface area contributed by atoms with E-state index in [9.17, 15) is 0 Å². The molecule has 2 aromatic rings. The predicted molar refractivity (Wildman–Crippen MR) is 69.6 cm³/mol. The van der Waals surface area contributed by atoms with Gasteiger partial charge in [0.05, 0.1) is 6.54 Å². The van der Waals surface area contributed by atoms with Crippen LogP contribution in [0.15, 0.2) is 45.3 Å². The molecule has 2 rings (SSSR count). The molecule has 0 aliphatic rings. The van der Waals surface area contributed by atoms with Crippen LogP contribution in [0.25, 0.3) is 0 Å². The zero-order valence-corrected chi connectivity index (χ0v) is 10.8. The van der Waals surface area contributed by atoms with Gasteiger partial charge in [-0.1, -0.05) is 28.9 Å². The highest BCUT2D eigenvalue weighted by atomic mass is 79.9. The molecule has 0 aliphatic heterocycles. The van der Waals surface area contributed by atoms with E-state index < -0.39 is 0 Å². The first-order chi connectivity index (χ1) is 7.78. The van der Waals surface area contributed by atoms with Gasteiger partial charge < -0.3 is 9.73 Å².